The summed E-state index contributed by atoms with van der Waals surface area (Å²) in [6, 6.07) is 21.9. The molecule has 2 heterocycles. The van der Waals surface area contributed by atoms with Gasteiger partial charge in [-0.05, 0) is 44.5 Å². The van der Waals surface area contributed by atoms with Crippen molar-refractivity contribution in [1.82, 2.24) is 19.6 Å². The molecule has 0 fully saturated rings. The minimum atomic E-state index is -0.208. The van der Waals surface area contributed by atoms with Gasteiger partial charge in [0.2, 0.25) is 5.91 Å². The van der Waals surface area contributed by atoms with E-state index in [0.717, 1.165) is 33.9 Å². The maximum atomic E-state index is 12.6. The Hall–Kier alpha value is -3.93. The lowest BCUT2D eigenvalue weighted by Gasteiger charge is -2.08. The number of hydrogen-bond donors (Lipinski definition) is 1. The minimum Gasteiger partial charge on any atom is -0.307 e. The molecule has 2 aromatic carbocycles. The van der Waals surface area contributed by atoms with E-state index >= 15 is 0 Å². The smallest absolute Gasteiger partial charge is 0.249 e. The zero-order valence-electron chi connectivity index (χ0n) is 17.9. The number of nitrogens with zero attached hydrogens (tertiary/aromatic N) is 4. The Labute approximate surface area is 181 Å². The van der Waals surface area contributed by atoms with Gasteiger partial charge < -0.3 is 5.32 Å². The highest BCUT2D eigenvalue weighted by Crippen LogP contribution is 2.19. The fourth-order valence-electron chi connectivity index (χ4n) is 3.57. The van der Waals surface area contributed by atoms with Gasteiger partial charge in [-0.25, -0.2) is 9.36 Å². The molecule has 0 saturated heterocycles. The summed E-state index contributed by atoms with van der Waals surface area (Å²) in [5.74, 6) is 0.463. The lowest BCUT2D eigenvalue weighted by Crippen LogP contribution is -2.13. The highest BCUT2D eigenvalue weighted by atomic mass is 16.1. The van der Waals surface area contributed by atoms with Gasteiger partial charge in [-0.2, -0.15) is 10.2 Å². The van der Waals surface area contributed by atoms with Crippen LogP contribution in [0.5, 0.6) is 0 Å². The molecule has 0 saturated carbocycles. The highest BCUT2D eigenvalue weighted by Gasteiger charge is 2.12. The lowest BCUT2D eigenvalue weighted by molar-refractivity contribution is -0.111. The fourth-order valence-corrected chi connectivity index (χ4v) is 3.57. The maximum absolute atomic E-state index is 12.6. The molecule has 0 aliphatic carbocycles. The monoisotopic (exact) mass is 411 g/mol. The van der Waals surface area contributed by atoms with Gasteiger partial charge in [0.1, 0.15) is 5.82 Å². The van der Waals surface area contributed by atoms with Crippen LogP contribution in [0.2, 0.25) is 0 Å². The van der Waals surface area contributed by atoms with E-state index in [-0.39, 0.29) is 5.91 Å². The number of nitrogens with one attached hydrogen (secondary N) is 1. The molecule has 1 amide bonds. The lowest BCUT2D eigenvalue weighted by atomic mass is 10.2. The fraction of sp³-hybridized carbons (Fsp3) is 0.160. The van der Waals surface area contributed by atoms with Crippen LogP contribution >= 0.6 is 0 Å². The molecule has 0 bridgehead atoms. The van der Waals surface area contributed by atoms with E-state index in [4.69, 9.17) is 0 Å². The molecule has 2 aromatic heterocycles. The van der Waals surface area contributed by atoms with Gasteiger partial charge in [0, 0.05) is 23.4 Å². The average Bonchev–Trinajstić information content (AvgIpc) is 3.25. The SMILES string of the molecule is Cc1cc(NC(=O)/C=C/c2c(C)nn(-c3ccccc3)c2C)n(Cc2ccccc2)n1. The molecule has 0 unspecified atom stereocenters. The number of anilines is 1. The first-order chi connectivity index (χ1) is 15.0. The Bertz CT molecular complexity index is 1220. The third-order valence-electron chi connectivity index (χ3n) is 5.08. The molecular formula is C25H25N5O. The van der Waals surface area contributed by atoms with E-state index in [1.165, 1.54) is 0 Å². The quantitative estimate of drug-likeness (QED) is 0.468. The highest BCUT2D eigenvalue weighted by molar-refractivity contribution is 6.01. The van der Waals surface area contributed by atoms with Crippen LogP contribution in [0.15, 0.2) is 72.8 Å². The van der Waals surface area contributed by atoms with Gasteiger partial charge >= 0.3 is 0 Å². The first-order valence-corrected chi connectivity index (χ1v) is 10.2. The Morgan fingerprint density at radius 2 is 1.65 bits per heavy atom. The number of aryl methyl sites for hydroxylation is 2. The summed E-state index contributed by atoms with van der Waals surface area (Å²) in [4.78, 5) is 12.6. The molecule has 0 aliphatic heterocycles. The molecule has 0 radical (unpaired) electrons. The van der Waals surface area contributed by atoms with Crippen molar-refractivity contribution in [2.75, 3.05) is 5.32 Å². The summed E-state index contributed by atoms with van der Waals surface area (Å²) < 4.78 is 3.70. The predicted octanol–water partition coefficient (Wildman–Crippen LogP) is 4.69. The molecule has 31 heavy (non-hydrogen) atoms. The van der Waals surface area contributed by atoms with Crippen LogP contribution in [0.1, 0.15) is 28.2 Å². The number of amides is 1. The summed E-state index contributed by atoms with van der Waals surface area (Å²) in [7, 11) is 0. The van der Waals surface area contributed by atoms with Gasteiger partial charge in [-0.3, -0.25) is 4.79 Å². The Morgan fingerprint density at radius 3 is 2.35 bits per heavy atom. The van der Waals surface area contributed by atoms with Crippen molar-refractivity contribution in [1.29, 1.82) is 0 Å². The topological polar surface area (TPSA) is 64.7 Å². The molecule has 0 aliphatic rings. The molecule has 0 spiro atoms. The van der Waals surface area contributed by atoms with Crippen LogP contribution in [0.25, 0.3) is 11.8 Å². The number of carbonyl (C=O) groups is 1. The van der Waals surface area contributed by atoms with Crippen LogP contribution in [0, 0.1) is 20.8 Å². The Balaban J connectivity index is 1.51. The molecule has 1 N–H and O–H groups in total. The van der Waals surface area contributed by atoms with E-state index in [0.29, 0.717) is 12.4 Å². The number of rotatable bonds is 6. The van der Waals surface area contributed by atoms with Crippen LogP contribution < -0.4 is 5.32 Å². The van der Waals surface area contributed by atoms with E-state index in [9.17, 15) is 4.79 Å². The Morgan fingerprint density at radius 1 is 0.968 bits per heavy atom. The van der Waals surface area contributed by atoms with Crippen LogP contribution in [-0.2, 0) is 11.3 Å². The standard InChI is InChI=1S/C25H25N5O/c1-18-16-24(29(27-18)17-21-10-6-4-7-11-21)26-25(31)15-14-23-19(2)28-30(20(23)3)22-12-8-5-9-13-22/h4-16H,17H2,1-3H3,(H,26,31)/b15-14+. The third-order valence-corrected chi connectivity index (χ3v) is 5.08. The minimum absolute atomic E-state index is 0.208. The molecule has 6 nitrogen and oxygen atoms in total. The maximum Gasteiger partial charge on any atom is 0.249 e. The second kappa shape index (κ2) is 8.83. The predicted molar refractivity (Wildman–Crippen MR) is 123 cm³/mol. The van der Waals surface area contributed by atoms with Crippen LogP contribution in [0.4, 0.5) is 5.82 Å². The normalized spacial score (nSPS) is 11.2. The molecular weight excluding hydrogens is 386 g/mol. The summed E-state index contributed by atoms with van der Waals surface area (Å²) in [6.45, 7) is 6.46. The first-order valence-electron chi connectivity index (χ1n) is 10.2. The van der Waals surface area contributed by atoms with Crippen molar-refractivity contribution in [3.05, 3.63) is 101 Å². The number of para-hydroxylation sites is 1. The molecule has 0 atom stereocenters. The van der Waals surface area contributed by atoms with Crippen LogP contribution in [0.3, 0.4) is 0 Å². The first kappa shape index (κ1) is 20.3. The van der Waals surface area contributed by atoms with Gasteiger partial charge in [-0.1, -0.05) is 48.5 Å². The van der Waals surface area contributed by atoms with Gasteiger partial charge in [0.05, 0.1) is 23.6 Å². The van der Waals surface area contributed by atoms with E-state index in [1.807, 2.05) is 98.3 Å². The van der Waals surface area contributed by atoms with E-state index in [2.05, 4.69) is 15.5 Å². The average molecular weight is 412 g/mol. The van der Waals surface area contributed by atoms with Crippen LogP contribution in [-0.4, -0.2) is 25.5 Å². The van der Waals surface area contributed by atoms with Crippen molar-refractivity contribution in [3.8, 4) is 5.69 Å². The summed E-state index contributed by atoms with van der Waals surface area (Å²) in [6.07, 6.45) is 3.36. The molecule has 6 heteroatoms. The van der Waals surface area contributed by atoms with Gasteiger partial charge in [0.15, 0.2) is 0 Å². The van der Waals surface area contributed by atoms with Crippen molar-refractivity contribution in [3.63, 3.8) is 0 Å². The summed E-state index contributed by atoms with van der Waals surface area (Å²) >= 11 is 0. The number of aromatic nitrogens is 4. The van der Waals surface area contributed by atoms with Crippen molar-refractivity contribution in [2.24, 2.45) is 0 Å². The van der Waals surface area contributed by atoms with Gasteiger partial charge in [0.25, 0.3) is 0 Å². The largest absolute Gasteiger partial charge is 0.307 e. The van der Waals surface area contributed by atoms with E-state index in [1.54, 1.807) is 10.8 Å². The summed E-state index contributed by atoms with van der Waals surface area (Å²) in [5, 5.41) is 12.1. The third kappa shape index (κ3) is 4.64. The number of carbonyl (C=O) groups excluding carboxylic acids is 1. The van der Waals surface area contributed by atoms with E-state index < -0.39 is 0 Å². The van der Waals surface area contributed by atoms with Crippen molar-refractivity contribution < 1.29 is 4.79 Å². The molecule has 156 valence electrons. The van der Waals surface area contributed by atoms with Gasteiger partial charge in [-0.15, -0.1) is 0 Å². The zero-order chi connectivity index (χ0) is 21.8. The Kier molecular flexibility index (Phi) is 5.80. The summed E-state index contributed by atoms with van der Waals surface area (Å²) in [5.41, 5.74) is 5.76. The second-order valence-electron chi connectivity index (χ2n) is 7.47. The van der Waals surface area contributed by atoms with Crippen molar-refractivity contribution >= 4 is 17.8 Å². The zero-order valence-corrected chi connectivity index (χ0v) is 17.9. The second-order valence-corrected chi connectivity index (χ2v) is 7.47. The molecule has 4 rings (SSSR count). The number of benzene rings is 2. The van der Waals surface area contributed by atoms with Crippen molar-refractivity contribution in [2.45, 2.75) is 27.3 Å². The molecule has 4 aromatic rings. The number of hydrogen-bond acceptors (Lipinski definition) is 3.